The van der Waals surface area contributed by atoms with Gasteiger partial charge in [0.05, 0.1) is 12.0 Å². The van der Waals surface area contributed by atoms with Gasteiger partial charge in [0.15, 0.2) is 0 Å². The van der Waals surface area contributed by atoms with Crippen LogP contribution in [0.25, 0.3) is 0 Å². The fourth-order valence-corrected chi connectivity index (χ4v) is 2.20. The van der Waals surface area contributed by atoms with Gasteiger partial charge in [-0.15, -0.1) is 0 Å². The van der Waals surface area contributed by atoms with Crippen LogP contribution in [0.1, 0.15) is 26.2 Å². The number of piperidine rings is 1. The Hall–Kier alpha value is -1.10. The Kier molecular flexibility index (Phi) is 3.68. The predicted molar refractivity (Wildman–Crippen MR) is 55.2 cm³/mol. The number of carboxylic acids is 1. The monoisotopic (exact) mass is 214 g/mol. The van der Waals surface area contributed by atoms with Crippen LogP contribution in [0.15, 0.2) is 0 Å². The average molecular weight is 214 g/mol. The first-order valence-corrected chi connectivity index (χ1v) is 5.24. The number of hydrogen-bond acceptors (Lipinski definition) is 3. The van der Waals surface area contributed by atoms with Gasteiger partial charge in [0.1, 0.15) is 0 Å². The van der Waals surface area contributed by atoms with Gasteiger partial charge in [-0.3, -0.25) is 14.5 Å². The van der Waals surface area contributed by atoms with Crippen molar-refractivity contribution in [1.82, 2.24) is 4.90 Å². The van der Waals surface area contributed by atoms with Crippen molar-refractivity contribution in [2.24, 2.45) is 11.1 Å². The highest BCUT2D eigenvalue weighted by Crippen LogP contribution is 2.33. The molecule has 1 amide bonds. The highest BCUT2D eigenvalue weighted by Gasteiger charge is 2.40. The van der Waals surface area contributed by atoms with Crippen LogP contribution in [0.3, 0.4) is 0 Å². The Bertz CT molecular complexity index is 267. The summed E-state index contributed by atoms with van der Waals surface area (Å²) in [5.74, 6) is -1.16. The Morgan fingerprint density at radius 1 is 1.53 bits per heavy atom. The Balaban J connectivity index is 2.68. The van der Waals surface area contributed by atoms with E-state index in [1.54, 1.807) is 0 Å². The Labute approximate surface area is 89.2 Å². The second-order valence-electron chi connectivity index (χ2n) is 4.22. The van der Waals surface area contributed by atoms with Crippen LogP contribution < -0.4 is 5.73 Å². The summed E-state index contributed by atoms with van der Waals surface area (Å²) in [5, 5.41) is 9.20. The zero-order chi connectivity index (χ0) is 11.5. The van der Waals surface area contributed by atoms with Gasteiger partial charge in [0, 0.05) is 6.54 Å². The molecule has 0 aromatic heterocycles. The van der Waals surface area contributed by atoms with E-state index in [1.807, 2.05) is 11.8 Å². The largest absolute Gasteiger partial charge is 0.481 e. The molecule has 1 atom stereocenters. The molecule has 1 rings (SSSR count). The van der Waals surface area contributed by atoms with Crippen molar-refractivity contribution in [2.75, 3.05) is 19.6 Å². The topological polar surface area (TPSA) is 83.6 Å². The molecule has 5 heteroatoms. The first kappa shape index (κ1) is 12.0. The number of nitrogens with two attached hydrogens (primary N) is 1. The van der Waals surface area contributed by atoms with Crippen molar-refractivity contribution in [3.63, 3.8) is 0 Å². The van der Waals surface area contributed by atoms with Crippen molar-refractivity contribution in [3.05, 3.63) is 0 Å². The number of amides is 1. The van der Waals surface area contributed by atoms with E-state index >= 15 is 0 Å². The van der Waals surface area contributed by atoms with Crippen LogP contribution in [0.5, 0.6) is 0 Å². The highest BCUT2D eigenvalue weighted by atomic mass is 16.4. The summed E-state index contributed by atoms with van der Waals surface area (Å²) in [4.78, 5) is 23.8. The lowest BCUT2D eigenvalue weighted by atomic mass is 9.77. The summed E-state index contributed by atoms with van der Waals surface area (Å²) in [7, 11) is 0. The summed E-state index contributed by atoms with van der Waals surface area (Å²) in [6, 6.07) is 0. The van der Waals surface area contributed by atoms with Crippen molar-refractivity contribution < 1.29 is 14.7 Å². The van der Waals surface area contributed by atoms with Gasteiger partial charge in [-0.05, 0) is 25.8 Å². The predicted octanol–water partition coefficient (Wildman–Crippen LogP) is 0.0485. The number of carbonyl (C=O) groups is 2. The van der Waals surface area contributed by atoms with Crippen molar-refractivity contribution in [2.45, 2.75) is 26.2 Å². The number of primary amides is 1. The molecule has 86 valence electrons. The lowest BCUT2D eigenvalue weighted by molar-refractivity contribution is -0.153. The number of carboxylic acid groups (broad SMARTS) is 1. The SMILES string of the molecule is CCC1(C(=O)O)CCCN(CC(N)=O)C1. The number of hydrogen-bond donors (Lipinski definition) is 2. The standard InChI is InChI=1S/C10H18N2O3/c1-2-10(9(14)15)4-3-5-12(7-10)6-8(11)13/h2-7H2,1H3,(H2,11,13)(H,14,15). The molecule has 0 radical (unpaired) electrons. The summed E-state index contributed by atoms with van der Waals surface area (Å²) < 4.78 is 0. The number of rotatable bonds is 4. The highest BCUT2D eigenvalue weighted by molar-refractivity contribution is 5.77. The first-order chi connectivity index (χ1) is 7.00. The van der Waals surface area contributed by atoms with Crippen LogP contribution in [0.4, 0.5) is 0 Å². The number of likely N-dealkylation sites (tertiary alicyclic amines) is 1. The summed E-state index contributed by atoms with van der Waals surface area (Å²) in [6.07, 6.45) is 2.10. The molecule has 5 nitrogen and oxygen atoms in total. The molecule has 1 fully saturated rings. The van der Waals surface area contributed by atoms with Gasteiger partial charge >= 0.3 is 5.97 Å². The van der Waals surface area contributed by atoms with Crippen LogP contribution in [-0.2, 0) is 9.59 Å². The molecule has 3 N–H and O–H groups in total. The van der Waals surface area contributed by atoms with Crippen molar-refractivity contribution >= 4 is 11.9 Å². The maximum Gasteiger partial charge on any atom is 0.310 e. The minimum absolute atomic E-state index is 0.162. The maximum atomic E-state index is 11.2. The first-order valence-electron chi connectivity index (χ1n) is 5.24. The fraction of sp³-hybridized carbons (Fsp3) is 0.800. The summed E-state index contributed by atoms with van der Waals surface area (Å²) in [6.45, 7) is 3.23. The second kappa shape index (κ2) is 4.61. The molecule has 1 heterocycles. The third-order valence-electron chi connectivity index (χ3n) is 3.17. The van der Waals surface area contributed by atoms with Crippen molar-refractivity contribution in [3.8, 4) is 0 Å². The molecule has 1 aliphatic rings. The normalized spacial score (nSPS) is 27.5. The number of aliphatic carboxylic acids is 1. The lowest BCUT2D eigenvalue weighted by Gasteiger charge is -2.38. The average Bonchev–Trinajstić information content (AvgIpc) is 2.16. The van der Waals surface area contributed by atoms with E-state index in [0.29, 0.717) is 19.4 Å². The second-order valence-corrected chi connectivity index (χ2v) is 4.22. The molecule has 0 saturated carbocycles. The Morgan fingerprint density at radius 2 is 2.20 bits per heavy atom. The van der Waals surface area contributed by atoms with Crippen LogP contribution in [0.2, 0.25) is 0 Å². The van der Waals surface area contributed by atoms with Crippen LogP contribution in [-0.4, -0.2) is 41.5 Å². The van der Waals surface area contributed by atoms with Crippen LogP contribution >= 0.6 is 0 Å². The lowest BCUT2D eigenvalue weighted by Crippen LogP contribution is -2.49. The molecule has 0 aromatic rings. The number of carbonyl (C=O) groups excluding carboxylic acids is 1. The van der Waals surface area contributed by atoms with Crippen LogP contribution in [0, 0.1) is 5.41 Å². The van der Waals surface area contributed by atoms with E-state index in [0.717, 1.165) is 13.0 Å². The zero-order valence-electron chi connectivity index (χ0n) is 9.03. The van der Waals surface area contributed by atoms with Crippen molar-refractivity contribution in [1.29, 1.82) is 0 Å². The van der Waals surface area contributed by atoms with Gasteiger partial charge < -0.3 is 10.8 Å². The molecule has 0 aromatic carbocycles. The molecule has 1 unspecified atom stereocenters. The molecule has 0 spiro atoms. The zero-order valence-corrected chi connectivity index (χ0v) is 9.03. The van der Waals surface area contributed by atoms with Gasteiger partial charge in [-0.1, -0.05) is 6.92 Å². The summed E-state index contributed by atoms with van der Waals surface area (Å²) in [5.41, 5.74) is 4.41. The molecule has 15 heavy (non-hydrogen) atoms. The molecular weight excluding hydrogens is 196 g/mol. The van der Waals surface area contributed by atoms with E-state index in [-0.39, 0.29) is 6.54 Å². The van der Waals surface area contributed by atoms with Gasteiger partial charge in [0.25, 0.3) is 0 Å². The van der Waals surface area contributed by atoms with Gasteiger partial charge in [-0.2, -0.15) is 0 Å². The molecule has 0 bridgehead atoms. The minimum atomic E-state index is -0.765. The maximum absolute atomic E-state index is 11.2. The van der Waals surface area contributed by atoms with E-state index in [4.69, 9.17) is 5.73 Å². The van der Waals surface area contributed by atoms with E-state index in [1.165, 1.54) is 0 Å². The number of nitrogens with zero attached hydrogens (tertiary/aromatic N) is 1. The molecular formula is C10H18N2O3. The third-order valence-corrected chi connectivity index (χ3v) is 3.17. The minimum Gasteiger partial charge on any atom is -0.481 e. The Morgan fingerprint density at radius 3 is 2.67 bits per heavy atom. The van der Waals surface area contributed by atoms with E-state index in [9.17, 15) is 14.7 Å². The quantitative estimate of drug-likeness (QED) is 0.692. The van der Waals surface area contributed by atoms with Gasteiger partial charge in [0.2, 0.25) is 5.91 Å². The smallest absolute Gasteiger partial charge is 0.310 e. The molecule has 0 aliphatic carbocycles. The van der Waals surface area contributed by atoms with Gasteiger partial charge in [-0.25, -0.2) is 0 Å². The van der Waals surface area contributed by atoms with E-state index in [2.05, 4.69) is 0 Å². The summed E-state index contributed by atoms with van der Waals surface area (Å²) >= 11 is 0. The fourth-order valence-electron chi connectivity index (χ4n) is 2.20. The molecule has 1 aliphatic heterocycles. The van der Waals surface area contributed by atoms with E-state index < -0.39 is 17.3 Å². The third kappa shape index (κ3) is 2.68. The molecule has 1 saturated heterocycles.